The number of aryl methyl sites for hydroxylation is 2. The van der Waals surface area contributed by atoms with Gasteiger partial charge in [0.25, 0.3) is 5.91 Å². The lowest BCUT2D eigenvalue weighted by Gasteiger charge is -2.03. The molecule has 0 spiro atoms. The number of aromatic nitrogens is 1. The summed E-state index contributed by atoms with van der Waals surface area (Å²) < 4.78 is 6.60. The highest BCUT2D eigenvalue weighted by atomic mass is 79.9. The molecule has 2 heterocycles. The third-order valence-electron chi connectivity index (χ3n) is 3.26. The molecule has 21 heavy (non-hydrogen) atoms. The highest BCUT2D eigenvalue weighted by molar-refractivity contribution is 9.10. The van der Waals surface area contributed by atoms with Crippen molar-refractivity contribution < 1.29 is 9.21 Å². The Balaban J connectivity index is 1.94. The number of rotatable bonds is 2. The van der Waals surface area contributed by atoms with Crippen LogP contribution in [0.2, 0.25) is 0 Å². The van der Waals surface area contributed by atoms with Gasteiger partial charge in [0.15, 0.2) is 5.76 Å². The Hall–Kier alpha value is -2.14. The number of hydrogen-bond acceptors (Lipinski definition) is 3. The number of carbonyl (C=O) groups excluding carboxylic acids is 1. The maximum absolute atomic E-state index is 12.3. The van der Waals surface area contributed by atoms with Crippen molar-refractivity contribution in [3.05, 3.63) is 57.9 Å². The Labute approximate surface area is 130 Å². The topological polar surface area (TPSA) is 55.1 Å². The second-order valence-electron chi connectivity index (χ2n) is 4.87. The monoisotopic (exact) mass is 344 g/mol. The zero-order chi connectivity index (χ0) is 15.0. The minimum Gasteiger partial charge on any atom is -0.451 e. The van der Waals surface area contributed by atoms with Crippen molar-refractivity contribution in [2.45, 2.75) is 13.8 Å². The number of benzene rings is 1. The normalized spacial score (nSPS) is 10.8. The Bertz CT molecular complexity index is 822. The standard InChI is InChI=1S/C16H13BrN2O2/c1-9-3-6-14(18-8-9)19-16(20)15-10(2)12-7-11(17)4-5-13(12)21-15/h3-8H,1-2H3,(H,18,19,20). The van der Waals surface area contributed by atoms with E-state index in [1.807, 2.05) is 38.1 Å². The molecule has 0 fully saturated rings. The van der Waals surface area contributed by atoms with Crippen LogP contribution in [0.3, 0.4) is 0 Å². The molecule has 0 atom stereocenters. The van der Waals surface area contributed by atoms with E-state index in [1.165, 1.54) is 0 Å². The molecule has 0 aliphatic carbocycles. The van der Waals surface area contributed by atoms with Crippen LogP contribution in [-0.4, -0.2) is 10.9 Å². The van der Waals surface area contributed by atoms with Gasteiger partial charge in [-0.2, -0.15) is 0 Å². The fourth-order valence-corrected chi connectivity index (χ4v) is 2.49. The van der Waals surface area contributed by atoms with E-state index in [1.54, 1.807) is 12.3 Å². The predicted octanol–water partition coefficient (Wildman–Crippen LogP) is 4.46. The zero-order valence-corrected chi connectivity index (χ0v) is 13.2. The number of nitrogens with zero attached hydrogens (tertiary/aromatic N) is 1. The molecule has 0 saturated carbocycles. The SMILES string of the molecule is Cc1ccc(NC(=O)c2oc3ccc(Br)cc3c2C)nc1. The number of fused-ring (bicyclic) bond motifs is 1. The van der Waals surface area contributed by atoms with Crippen molar-refractivity contribution in [3.8, 4) is 0 Å². The molecule has 0 aliphatic rings. The summed E-state index contributed by atoms with van der Waals surface area (Å²) in [5.74, 6) is 0.522. The number of hydrogen-bond donors (Lipinski definition) is 1. The third kappa shape index (κ3) is 2.69. The average Bonchev–Trinajstić information content (AvgIpc) is 2.79. The van der Waals surface area contributed by atoms with Gasteiger partial charge < -0.3 is 9.73 Å². The molecule has 3 aromatic rings. The molecule has 106 valence electrons. The van der Waals surface area contributed by atoms with E-state index in [0.29, 0.717) is 17.2 Å². The largest absolute Gasteiger partial charge is 0.451 e. The Kier molecular flexibility index (Phi) is 3.51. The van der Waals surface area contributed by atoms with Crippen molar-refractivity contribution in [2.75, 3.05) is 5.32 Å². The van der Waals surface area contributed by atoms with Crippen LogP contribution in [0.25, 0.3) is 11.0 Å². The number of amides is 1. The molecule has 2 aromatic heterocycles. The van der Waals surface area contributed by atoms with Crippen molar-refractivity contribution in [1.29, 1.82) is 0 Å². The molecule has 1 aromatic carbocycles. The van der Waals surface area contributed by atoms with Crippen LogP contribution in [0.15, 0.2) is 45.4 Å². The molecule has 1 amide bonds. The van der Waals surface area contributed by atoms with Gasteiger partial charge in [0.1, 0.15) is 11.4 Å². The second-order valence-corrected chi connectivity index (χ2v) is 5.79. The smallest absolute Gasteiger partial charge is 0.292 e. The summed E-state index contributed by atoms with van der Waals surface area (Å²) in [4.78, 5) is 16.5. The zero-order valence-electron chi connectivity index (χ0n) is 11.6. The lowest BCUT2D eigenvalue weighted by Crippen LogP contribution is -2.13. The summed E-state index contributed by atoms with van der Waals surface area (Å²) in [6, 6.07) is 9.32. The second kappa shape index (κ2) is 5.33. The lowest BCUT2D eigenvalue weighted by molar-refractivity contribution is 0.0997. The lowest BCUT2D eigenvalue weighted by atomic mass is 10.1. The van der Waals surface area contributed by atoms with E-state index < -0.39 is 0 Å². The maximum Gasteiger partial charge on any atom is 0.292 e. The predicted molar refractivity (Wildman–Crippen MR) is 85.6 cm³/mol. The van der Waals surface area contributed by atoms with Gasteiger partial charge in [-0.05, 0) is 43.7 Å². The van der Waals surface area contributed by atoms with Crippen molar-refractivity contribution >= 4 is 38.6 Å². The van der Waals surface area contributed by atoms with E-state index in [2.05, 4.69) is 26.2 Å². The molecule has 0 radical (unpaired) electrons. The van der Waals surface area contributed by atoms with Crippen molar-refractivity contribution in [1.82, 2.24) is 4.98 Å². The van der Waals surface area contributed by atoms with Crippen LogP contribution in [-0.2, 0) is 0 Å². The van der Waals surface area contributed by atoms with Crippen LogP contribution >= 0.6 is 15.9 Å². The van der Waals surface area contributed by atoms with E-state index in [9.17, 15) is 4.79 Å². The van der Waals surface area contributed by atoms with Gasteiger partial charge in [-0.25, -0.2) is 4.98 Å². The highest BCUT2D eigenvalue weighted by Gasteiger charge is 2.18. The van der Waals surface area contributed by atoms with Crippen LogP contribution in [0, 0.1) is 13.8 Å². The molecular weight excluding hydrogens is 332 g/mol. The van der Waals surface area contributed by atoms with E-state index >= 15 is 0 Å². The minimum absolute atomic E-state index is 0.295. The van der Waals surface area contributed by atoms with Crippen LogP contribution in [0.1, 0.15) is 21.7 Å². The maximum atomic E-state index is 12.3. The van der Waals surface area contributed by atoms with Crippen molar-refractivity contribution in [2.24, 2.45) is 0 Å². The number of carbonyl (C=O) groups is 1. The Morgan fingerprint density at radius 2 is 2.05 bits per heavy atom. The number of anilines is 1. The average molecular weight is 345 g/mol. The molecule has 4 nitrogen and oxygen atoms in total. The number of halogens is 1. The first-order valence-electron chi connectivity index (χ1n) is 6.47. The molecule has 0 bridgehead atoms. The van der Waals surface area contributed by atoms with Crippen LogP contribution in [0.5, 0.6) is 0 Å². The summed E-state index contributed by atoms with van der Waals surface area (Å²) in [5, 5.41) is 3.67. The first-order chi connectivity index (χ1) is 10.0. The number of pyridine rings is 1. The third-order valence-corrected chi connectivity index (χ3v) is 3.75. The Morgan fingerprint density at radius 1 is 1.24 bits per heavy atom. The van der Waals surface area contributed by atoms with Crippen LogP contribution < -0.4 is 5.32 Å². The minimum atomic E-state index is -0.295. The van der Waals surface area contributed by atoms with Gasteiger partial charge in [-0.1, -0.05) is 22.0 Å². The Morgan fingerprint density at radius 3 is 2.76 bits per heavy atom. The van der Waals surface area contributed by atoms with E-state index in [0.717, 1.165) is 21.0 Å². The molecule has 5 heteroatoms. The van der Waals surface area contributed by atoms with Gasteiger partial charge in [-0.3, -0.25) is 4.79 Å². The molecule has 3 rings (SSSR count). The quantitative estimate of drug-likeness (QED) is 0.746. The van der Waals surface area contributed by atoms with E-state index in [-0.39, 0.29) is 5.91 Å². The van der Waals surface area contributed by atoms with Gasteiger partial charge >= 0.3 is 0 Å². The fraction of sp³-hybridized carbons (Fsp3) is 0.125. The highest BCUT2D eigenvalue weighted by Crippen LogP contribution is 2.28. The first-order valence-corrected chi connectivity index (χ1v) is 7.26. The van der Waals surface area contributed by atoms with Gasteiger partial charge in [-0.15, -0.1) is 0 Å². The summed E-state index contributed by atoms with van der Waals surface area (Å²) in [5.41, 5.74) is 2.55. The molecule has 1 N–H and O–H groups in total. The number of furan rings is 1. The molecule has 0 aliphatic heterocycles. The van der Waals surface area contributed by atoms with E-state index in [4.69, 9.17) is 4.42 Å². The molecular formula is C16H13BrN2O2. The summed E-state index contributed by atoms with van der Waals surface area (Å²) >= 11 is 3.42. The summed E-state index contributed by atoms with van der Waals surface area (Å²) in [7, 11) is 0. The van der Waals surface area contributed by atoms with Gasteiger partial charge in [0.2, 0.25) is 0 Å². The fourth-order valence-electron chi connectivity index (χ4n) is 2.12. The summed E-state index contributed by atoms with van der Waals surface area (Å²) in [6.45, 7) is 3.82. The molecule has 0 saturated heterocycles. The number of nitrogens with one attached hydrogen (secondary N) is 1. The van der Waals surface area contributed by atoms with Gasteiger partial charge in [0.05, 0.1) is 0 Å². The molecule has 0 unspecified atom stereocenters. The van der Waals surface area contributed by atoms with Gasteiger partial charge in [0, 0.05) is 21.6 Å². The van der Waals surface area contributed by atoms with Crippen LogP contribution in [0.4, 0.5) is 5.82 Å². The summed E-state index contributed by atoms with van der Waals surface area (Å²) in [6.07, 6.45) is 1.71. The van der Waals surface area contributed by atoms with Crippen molar-refractivity contribution in [3.63, 3.8) is 0 Å². The first kappa shape index (κ1) is 13.8.